The first-order valence-corrected chi connectivity index (χ1v) is 9.03. The van der Waals surface area contributed by atoms with Gasteiger partial charge in [0.2, 0.25) is 0 Å². The van der Waals surface area contributed by atoms with E-state index < -0.39 is 11.8 Å². The molecule has 1 saturated heterocycles. The van der Waals surface area contributed by atoms with Gasteiger partial charge in [-0.3, -0.25) is 15.0 Å². The molecular weight excluding hydrogens is 366 g/mol. The van der Waals surface area contributed by atoms with Gasteiger partial charge < -0.3 is 10.0 Å². The first kappa shape index (κ1) is 18.8. The third-order valence-corrected chi connectivity index (χ3v) is 4.64. The number of hydrogen-bond donors (Lipinski definition) is 2. The fourth-order valence-electron chi connectivity index (χ4n) is 2.95. The predicted octanol–water partition coefficient (Wildman–Crippen LogP) is 3.35. The quantitative estimate of drug-likeness (QED) is 0.611. The zero-order chi connectivity index (χ0) is 19.6. The maximum atomic E-state index is 12.7. The van der Waals surface area contributed by atoms with Crippen molar-refractivity contribution in [3.63, 3.8) is 0 Å². The minimum absolute atomic E-state index is 0.00806. The third kappa shape index (κ3) is 3.75. The number of aromatic hydroxyl groups is 1. The summed E-state index contributed by atoms with van der Waals surface area (Å²) in [6.07, 6.45) is 1.39. The SMILES string of the molecule is CCN(CC)c1ccc(/C=C2\C(=O)NN(c3cccc(Cl)c3)C2=O)c(O)c1. The summed E-state index contributed by atoms with van der Waals surface area (Å²) in [6.45, 7) is 5.68. The lowest BCUT2D eigenvalue weighted by Crippen LogP contribution is -2.35. The molecule has 140 valence electrons. The van der Waals surface area contributed by atoms with Gasteiger partial charge in [0.15, 0.2) is 0 Å². The predicted molar refractivity (Wildman–Crippen MR) is 107 cm³/mol. The van der Waals surface area contributed by atoms with Gasteiger partial charge in [-0.05, 0) is 50.3 Å². The van der Waals surface area contributed by atoms with E-state index in [9.17, 15) is 14.7 Å². The van der Waals surface area contributed by atoms with Crippen molar-refractivity contribution in [2.75, 3.05) is 23.0 Å². The number of phenolic OH excluding ortho intramolecular Hbond substituents is 1. The smallest absolute Gasteiger partial charge is 0.282 e. The van der Waals surface area contributed by atoms with Crippen molar-refractivity contribution >= 4 is 40.9 Å². The van der Waals surface area contributed by atoms with Crippen LogP contribution < -0.4 is 15.3 Å². The number of rotatable bonds is 5. The summed E-state index contributed by atoms with van der Waals surface area (Å²) in [7, 11) is 0. The fourth-order valence-corrected chi connectivity index (χ4v) is 3.13. The summed E-state index contributed by atoms with van der Waals surface area (Å²) in [6, 6.07) is 11.8. The Morgan fingerprint density at radius 2 is 1.89 bits per heavy atom. The molecule has 3 rings (SSSR count). The minimum atomic E-state index is -0.535. The van der Waals surface area contributed by atoms with E-state index >= 15 is 0 Å². The number of nitrogens with zero attached hydrogens (tertiary/aromatic N) is 2. The van der Waals surface area contributed by atoms with Crippen LogP contribution in [0.3, 0.4) is 0 Å². The highest BCUT2D eigenvalue weighted by Gasteiger charge is 2.34. The molecule has 1 aliphatic heterocycles. The van der Waals surface area contributed by atoms with Crippen molar-refractivity contribution in [2.45, 2.75) is 13.8 Å². The molecule has 6 nitrogen and oxygen atoms in total. The highest BCUT2D eigenvalue weighted by atomic mass is 35.5. The maximum Gasteiger partial charge on any atom is 0.282 e. The van der Waals surface area contributed by atoms with E-state index in [4.69, 9.17) is 11.6 Å². The van der Waals surface area contributed by atoms with Crippen LogP contribution in [0.5, 0.6) is 5.75 Å². The lowest BCUT2D eigenvalue weighted by atomic mass is 10.1. The molecule has 2 aromatic carbocycles. The number of phenols is 1. The van der Waals surface area contributed by atoms with Crippen LogP contribution in [0, 0.1) is 0 Å². The maximum absolute atomic E-state index is 12.7. The first-order valence-electron chi connectivity index (χ1n) is 8.65. The number of benzene rings is 2. The molecule has 0 aliphatic carbocycles. The Morgan fingerprint density at radius 3 is 2.52 bits per heavy atom. The van der Waals surface area contributed by atoms with Crippen LogP contribution >= 0.6 is 11.6 Å². The Labute approximate surface area is 162 Å². The number of hydrogen-bond acceptors (Lipinski definition) is 4. The molecule has 0 atom stereocenters. The highest BCUT2D eigenvalue weighted by Crippen LogP contribution is 2.29. The van der Waals surface area contributed by atoms with Crippen LogP contribution in [0.25, 0.3) is 6.08 Å². The molecule has 0 aromatic heterocycles. The summed E-state index contributed by atoms with van der Waals surface area (Å²) in [5.74, 6) is -1.03. The van der Waals surface area contributed by atoms with E-state index in [2.05, 4.69) is 10.3 Å². The second kappa shape index (κ2) is 7.72. The summed E-state index contributed by atoms with van der Waals surface area (Å²) < 4.78 is 0. The first-order chi connectivity index (χ1) is 12.9. The van der Waals surface area contributed by atoms with Crippen LogP contribution in [0.15, 0.2) is 48.0 Å². The minimum Gasteiger partial charge on any atom is -0.507 e. The van der Waals surface area contributed by atoms with E-state index in [0.29, 0.717) is 16.3 Å². The molecule has 1 heterocycles. The molecule has 0 bridgehead atoms. The molecule has 1 fully saturated rings. The molecule has 0 radical (unpaired) electrons. The van der Waals surface area contributed by atoms with Crippen LogP contribution in [0.2, 0.25) is 5.02 Å². The zero-order valence-corrected chi connectivity index (χ0v) is 15.8. The average Bonchev–Trinajstić information content (AvgIpc) is 2.93. The lowest BCUT2D eigenvalue weighted by molar-refractivity contribution is -0.117. The molecule has 2 amide bonds. The Morgan fingerprint density at radius 1 is 1.15 bits per heavy atom. The largest absolute Gasteiger partial charge is 0.507 e. The van der Waals surface area contributed by atoms with Crippen LogP contribution in [0.1, 0.15) is 19.4 Å². The second-order valence-electron chi connectivity index (χ2n) is 6.03. The van der Waals surface area contributed by atoms with Crippen molar-refractivity contribution in [3.8, 4) is 5.75 Å². The molecule has 1 aliphatic rings. The summed E-state index contributed by atoms with van der Waals surface area (Å²) in [5.41, 5.74) is 4.20. The number of hydrazine groups is 1. The van der Waals surface area contributed by atoms with Crippen LogP contribution in [0.4, 0.5) is 11.4 Å². The summed E-state index contributed by atoms with van der Waals surface area (Å²) in [4.78, 5) is 27.0. The Hall–Kier alpha value is -2.99. The number of halogens is 1. The molecular formula is C20H20ClN3O3. The van der Waals surface area contributed by atoms with Crippen molar-refractivity contribution in [2.24, 2.45) is 0 Å². The number of nitrogens with one attached hydrogen (secondary N) is 1. The van der Waals surface area contributed by atoms with Crippen molar-refractivity contribution < 1.29 is 14.7 Å². The Balaban J connectivity index is 1.91. The van der Waals surface area contributed by atoms with E-state index in [-0.39, 0.29) is 11.3 Å². The lowest BCUT2D eigenvalue weighted by Gasteiger charge is -2.21. The van der Waals surface area contributed by atoms with E-state index in [1.165, 1.54) is 6.08 Å². The van der Waals surface area contributed by atoms with Crippen molar-refractivity contribution in [1.82, 2.24) is 5.43 Å². The van der Waals surface area contributed by atoms with Gasteiger partial charge >= 0.3 is 0 Å². The number of carbonyl (C=O) groups excluding carboxylic acids is 2. The molecule has 0 spiro atoms. The Kier molecular flexibility index (Phi) is 5.37. The normalized spacial score (nSPS) is 15.4. The van der Waals surface area contributed by atoms with Crippen molar-refractivity contribution in [1.29, 1.82) is 0 Å². The molecule has 0 unspecified atom stereocenters. The molecule has 2 aromatic rings. The van der Waals surface area contributed by atoms with E-state index in [1.807, 2.05) is 19.9 Å². The second-order valence-corrected chi connectivity index (χ2v) is 6.47. The van der Waals surface area contributed by atoms with Crippen LogP contribution in [-0.4, -0.2) is 30.0 Å². The standard InChI is InChI=1S/C20H20ClN3O3/c1-3-23(4-2)15-9-8-13(18(25)12-15)10-17-19(26)22-24(20(17)27)16-7-5-6-14(21)11-16/h5-12,25H,3-4H2,1-2H3,(H,22,26)/b17-10+. The Bertz CT molecular complexity index is 922. The molecule has 2 N–H and O–H groups in total. The molecule has 7 heteroatoms. The van der Waals surface area contributed by atoms with Gasteiger partial charge in [-0.1, -0.05) is 17.7 Å². The van der Waals surface area contributed by atoms with Gasteiger partial charge in [0.25, 0.3) is 11.8 Å². The summed E-state index contributed by atoms with van der Waals surface area (Å²) in [5, 5.41) is 11.9. The number of amides is 2. The van der Waals surface area contributed by atoms with E-state index in [0.717, 1.165) is 23.8 Å². The van der Waals surface area contributed by atoms with Crippen molar-refractivity contribution in [3.05, 3.63) is 58.6 Å². The van der Waals surface area contributed by atoms with Gasteiger partial charge in [-0.25, -0.2) is 5.01 Å². The van der Waals surface area contributed by atoms with Crippen LogP contribution in [-0.2, 0) is 9.59 Å². The average molecular weight is 386 g/mol. The fraction of sp³-hybridized carbons (Fsp3) is 0.200. The van der Waals surface area contributed by atoms with E-state index in [1.54, 1.807) is 36.4 Å². The third-order valence-electron chi connectivity index (χ3n) is 4.40. The van der Waals surface area contributed by atoms with Gasteiger partial charge in [-0.15, -0.1) is 0 Å². The number of carbonyl (C=O) groups is 2. The van der Waals surface area contributed by atoms with Gasteiger partial charge in [0.05, 0.1) is 5.69 Å². The molecule has 27 heavy (non-hydrogen) atoms. The molecule has 0 saturated carbocycles. The number of anilines is 2. The van der Waals surface area contributed by atoms with Gasteiger partial charge in [0.1, 0.15) is 11.3 Å². The van der Waals surface area contributed by atoms with Gasteiger partial charge in [-0.2, -0.15) is 0 Å². The zero-order valence-electron chi connectivity index (χ0n) is 15.1. The monoisotopic (exact) mass is 385 g/mol. The summed E-state index contributed by atoms with van der Waals surface area (Å²) >= 11 is 5.96. The highest BCUT2D eigenvalue weighted by molar-refractivity contribution is 6.33. The van der Waals surface area contributed by atoms with Gasteiger partial charge in [0, 0.05) is 35.4 Å². The topological polar surface area (TPSA) is 72.9 Å².